The van der Waals surface area contributed by atoms with Gasteiger partial charge in [-0.2, -0.15) is 5.26 Å². The number of hydrogen-bond acceptors (Lipinski definition) is 4. The Labute approximate surface area is 180 Å². The summed E-state index contributed by atoms with van der Waals surface area (Å²) >= 11 is 6.07. The molecule has 2 unspecified atom stereocenters. The van der Waals surface area contributed by atoms with Crippen molar-refractivity contribution in [3.8, 4) is 11.8 Å². The first-order valence-electron chi connectivity index (χ1n) is 9.48. The molecule has 0 N–H and O–H groups in total. The molecule has 3 aromatic carbocycles. The molecular weight excluding hydrogens is 400 g/mol. The number of nitriles is 1. The maximum absolute atomic E-state index is 13.1. The number of carbonyl (C=O) groups is 1. The predicted octanol–water partition coefficient (Wildman–Crippen LogP) is 6.05. The van der Waals surface area contributed by atoms with E-state index in [1.54, 1.807) is 36.3 Å². The van der Waals surface area contributed by atoms with E-state index in [-0.39, 0.29) is 6.04 Å². The van der Waals surface area contributed by atoms with Gasteiger partial charge < -0.3 is 9.47 Å². The number of anilines is 1. The van der Waals surface area contributed by atoms with Gasteiger partial charge in [-0.1, -0.05) is 35.9 Å². The SMILES string of the molecule is COc1ccc(C2CC(c3ccc(Cl)cc3)N(c3ccc(C#N)cc3)C(=O)O2)cc1. The Kier molecular flexibility index (Phi) is 5.60. The molecule has 1 fully saturated rings. The highest BCUT2D eigenvalue weighted by Crippen LogP contribution is 2.41. The van der Waals surface area contributed by atoms with Crippen molar-refractivity contribution in [2.45, 2.75) is 18.6 Å². The minimum atomic E-state index is -0.438. The molecule has 150 valence electrons. The average molecular weight is 419 g/mol. The van der Waals surface area contributed by atoms with Crippen LogP contribution in [0, 0.1) is 11.3 Å². The summed E-state index contributed by atoms with van der Waals surface area (Å²) in [6.45, 7) is 0. The van der Waals surface area contributed by atoms with Gasteiger partial charge >= 0.3 is 6.09 Å². The summed E-state index contributed by atoms with van der Waals surface area (Å²) in [5, 5.41) is 9.70. The van der Waals surface area contributed by atoms with Crippen LogP contribution < -0.4 is 9.64 Å². The van der Waals surface area contributed by atoms with Gasteiger partial charge in [-0.05, 0) is 59.7 Å². The standard InChI is InChI=1S/C24H19ClN2O3/c1-29-21-12-6-18(7-13-21)23-14-22(17-4-8-19(25)9-5-17)27(24(28)30-23)20-10-2-16(15-26)3-11-20/h2-13,22-23H,14H2,1H3. The number of amides is 1. The first kappa shape index (κ1) is 19.8. The minimum absolute atomic E-state index is 0.247. The molecule has 3 aromatic rings. The topological polar surface area (TPSA) is 62.6 Å². The first-order chi connectivity index (χ1) is 14.6. The van der Waals surface area contributed by atoms with Crippen LogP contribution in [0.2, 0.25) is 5.02 Å². The van der Waals surface area contributed by atoms with E-state index in [4.69, 9.17) is 26.3 Å². The highest BCUT2D eigenvalue weighted by atomic mass is 35.5. The van der Waals surface area contributed by atoms with Crippen molar-refractivity contribution >= 4 is 23.4 Å². The molecule has 0 aliphatic carbocycles. The van der Waals surface area contributed by atoms with Gasteiger partial charge in [-0.15, -0.1) is 0 Å². The molecule has 6 heteroatoms. The number of nitrogens with zero attached hydrogens (tertiary/aromatic N) is 2. The Hall–Kier alpha value is -3.49. The van der Waals surface area contributed by atoms with Crippen molar-refractivity contribution < 1.29 is 14.3 Å². The van der Waals surface area contributed by atoms with E-state index >= 15 is 0 Å². The summed E-state index contributed by atoms with van der Waals surface area (Å²) in [5.74, 6) is 0.745. The third-order valence-corrected chi connectivity index (χ3v) is 5.46. The second-order valence-corrected chi connectivity index (χ2v) is 7.41. The molecule has 2 atom stereocenters. The van der Waals surface area contributed by atoms with Crippen molar-refractivity contribution in [2.24, 2.45) is 0 Å². The van der Waals surface area contributed by atoms with Crippen LogP contribution in [0.5, 0.6) is 5.75 Å². The number of cyclic esters (lactones) is 1. The normalized spacial score (nSPS) is 18.4. The summed E-state index contributed by atoms with van der Waals surface area (Å²) in [6.07, 6.45) is -0.259. The van der Waals surface area contributed by atoms with Crippen LogP contribution in [-0.2, 0) is 4.74 Å². The number of rotatable bonds is 4. The van der Waals surface area contributed by atoms with E-state index in [0.717, 1.165) is 16.9 Å². The fraction of sp³-hybridized carbons (Fsp3) is 0.167. The predicted molar refractivity (Wildman–Crippen MR) is 115 cm³/mol. The lowest BCUT2D eigenvalue weighted by Crippen LogP contribution is -2.41. The largest absolute Gasteiger partial charge is 0.497 e. The maximum atomic E-state index is 13.1. The summed E-state index contributed by atoms with van der Waals surface area (Å²) in [6, 6.07) is 23.8. The molecule has 5 nitrogen and oxygen atoms in total. The van der Waals surface area contributed by atoms with E-state index in [9.17, 15) is 4.79 Å². The monoisotopic (exact) mass is 418 g/mol. The third-order valence-electron chi connectivity index (χ3n) is 5.21. The Bertz CT molecular complexity index is 1070. The molecule has 1 heterocycles. The molecule has 30 heavy (non-hydrogen) atoms. The van der Waals surface area contributed by atoms with E-state index < -0.39 is 12.2 Å². The second kappa shape index (κ2) is 8.48. The molecule has 1 saturated heterocycles. The number of ether oxygens (including phenoxy) is 2. The molecule has 0 saturated carbocycles. The zero-order chi connectivity index (χ0) is 21.1. The van der Waals surface area contributed by atoms with Crippen molar-refractivity contribution in [3.05, 3.63) is 94.5 Å². The average Bonchev–Trinajstić information content (AvgIpc) is 2.79. The maximum Gasteiger partial charge on any atom is 0.415 e. The summed E-state index contributed by atoms with van der Waals surface area (Å²) in [4.78, 5) is 14.7. The zero-order valence-corrected chi connectivity index (χ0v) is 17.0. The molecule has 1 amide bonds. The fourth-order valence-corrected chi connectivity index (χ4v) is 3.76. The van der Waals surface area contributed by atoms with Gasteiger partial charge in [0.05, 0.1) is 24.8 Å². The molecular formula is C24H19ClN2O3. The Balaban J connectivity index is 1.71. The Morgan fingerprint density at radius 2 is 1.63 bits per heavy atom. The molecule has 0 radical (unpaired) electrons. The lowest BCUT2D eigenvalue weighted by Gasteiger charge is -2.39. The van der Waals surface area contributed by atoms with E-state index in [1.165, 1.54) is 0 Å². The van der Waals surface area contributed by atoms with Crippen molar-refractivity contribution in [1.29, 1.82) is 5.26 Å². The molecule has 1 aliphatic heterocycles. The highest BCUT2D eigenvalue weighted by molar-refractivity contribution is 6.30. The number of hydrogen-bond donors (Lipinski definition) is 0. The van der Waals surface area contributed by atoms with Crippen molar-refractivity contribution in [3.63, 3.8) is 0 Å². The second-order valence-electron chi connectivity index (χ2n) is 6.98. The van der Waals surface area contributed by atoms with Gasteiger partial charge in [0.2, 0.25) is 0 Å². The Morgan fingerprint density at radius 3 is 2.23 bits per heavy atom. The molecule has 0 bridgehead atoms. The first-order valence-corrected chi connectivity index (χ1v) is 9.86. The summed E-state index contributed by atoms with van der Waals surface area (Å²) < 4.78 is 11.0. The lowest BCUT2D eigenvalue weighted by molar-refractivity contribution is 0.0710. The number of methoxy groups -OCH3 is 1. The van der Waals surface area contributed by atoms with Crippen LogP contribution in [0.3, 0.4) is 0 Å². The molecule has 4 rings (SSSR count). The quantitative estimate of drug-likeness (QED) is 0.517. The van der Waals surface area contributed by atoms with Crippen LogP contribution in [0.25, 0.3) is 0 Å². The van der Waals surface area contributed by atoms with Gasteiger partial charge in [0.1, 0.15) is 11.9 Å². The van der Waals surface area contributed by atoms with Gasteiger partial charge in [0.15, 0.2) is 0 Å². The zero-order valence-electron chi connectivity index (χ0n) is 16.3. The lowest BCUT2D eigenvalue weighted by atomic mass is 9.93. The van der Waals surface area contributed by atoms with Crippen molar-refractivity contribution in [2.75, 3.05) is 12.0 Å². The number of carbonyl (C=O) groups excluding carboxylic acids is 1. The highest BCUT2D eigenvalue weighted by Gasteiger charge is 2.38. The summed E-state index contributed by atoms with van der Waals surface area (Å²) in [7, 11) is 1.61. The van der Waals surface area contributed by atoms with E-state index in [1.807, 2.05) is 48.5 Å². The van der Waals surface area contributed by atoms with Crippen LogP contribution in [0.4, 0.5) is 10.5 Å². The van der Waals surface area contributed by atoms with Crippen molar-refractivity contribution in [1.82, 2.24) is 0 Å². The molecule has 0 aromatic heterocycles. The fourth-order valence-electron chi connectivity index (χ4n) is 3.64. The third kappa shape index (κ3) is 3.96. The van der Waals surface area contributed by atoms with E-state index in [2.05, 4.69) is 6.07 Å². The van der Waals surface area contributed by atoms with Crippen LogP contribution in [-0.4, -0.2) is 13.2 Å². The smallest absolute Gasteiger partial charge is 0.415 e. The molecule has 0 spiro atoms. The van der Waals surface area contributed by atoms with Crippen LogP contribution in [0.1, 0.15) is 35.3 Å². The van der Waals surface area contributed by atoms with Gasteiger partial charge in [-0.3, -0.25) is 4.90 Å². The number of halogens is 1. The Morgan fingerprint density at radius 1 is 1.00 bits per heavy atom. The van der Waals surface area contributed by atoms with E-state index in [0.29, 0.717) is 22.7 Å². The molecule has 1 aliphatic rings. The van der Waals surface area contributed by atoms with Gasteiger partial charge in [0, 0.05) is 17.1 Å². The van der Waals surface area contributed by atoms with Crippen LogP contribution >= 0.6 is 11.6 Å². The van der Waals surface area contributed by atoms with Gasteiger partial charge in [-0.25, -0.2) is 4.79 Å². The summed E-state index contributed by atoms with van der Waals surface area (Å²) in [5.41, 5.74) is 3.07. The minimum Gasteiger partial charge on any atom is -0.497 e. The van der Waals surface area contributed by atoms with Gasteiger partial charge in [0.25, 0.3) is 0 Å². The number of benzene rings is 3. The van der Waals surface area contributed by atoms with Crippen LogP contribution in [0.15, 0.2) is 72.8 Å².